The number of thiazole rings is 1. The zero-order valence-electron chi connectivity index (χ0n) is 71.2. The van der Waals surface area contributed by atoms with Crippen molar-refractivity contribution in [3.63, 3.8) is 0 Å². The lowest BCUT2D eigenvalue weighted by Crippen LogP contribution is -2.34. The quantitative estimate of drug-likeness (QED) is 0.0140. The summed E-state index contributed by atoms with van der Waals surface area (Å²) < 4.78 is 14.1. The number of hydrogen-bond acceptors (Lipinski definition) is 27. The summed E-state index contributed by atoms with van der Waals surface area (Å²) in [4.78, 5) is 43.6. The first-order chi connectivity index (χ1) is 64.1. The number of nitrogens with one attached hydrogen (secondary N) is 2. The van der Waals surface area contributed by atoms with Crippen LogP contribution in [0.2, 0.25) is 0 Å². The molecule has 29 nitrogen and oxygen atoms in total. The number of likely N-dealkylation sites (N-methyl/N-ethyl adjacent to an activating group) is 1. The number of pyridine rings is 5. The Balaban J connectivity index is 0.000000122. The number of benzene rings is 10. The van der Waals surface area contributed by atoms with E-state index in [0.29, 0.717) is 97.1 Å². The van der Waals surface area contributed by atoms with E-state index in [1.54, 1.807) is 59.1 Å². The van der Waals surface area contributed by atoms with E-state index in [4.69, 9.17) is 86.3 Å². The number of amidine groups is 4. The maximum atomic E-state index is 12.7. The highest BCUT2D eigenvalue weighted by Gasteiger charge is 2.20. The van der Waals surface area contributed by atoms with Crippen LogP contribution < -0.4 is 62.2 Å². The first-order valence-corrected chi connectivity index (χ1v) is 43.8. The van der Waals surface area contributed by atoms with Gasteiger partial charge < -0.3 is 96.8 Å². The Kier molecular flexibility index (Phi) is 26.3. The number of amides is 1. The monoisotopic (exact) mass is 1800 g/mol. The molecule has 656 valence electrons. The molecule has 24 N–H and O–H groups in total. The molecule has 0 bridgehead atoms. The summed E-state index contributed by atoms with van der Waals surface area (Å²) in [6, 6.07) is 84.5. The smallest absolute Gasteiger partial charge is 0.251 e. The SMILES string of the molecule is CCN(CC)CCNC(=O)c1ccc(C)c(C#Cc2cc(Nc3csc(N)n3)nc3ccccc23)c1.NC(=NO)c1ccc2cc(-c3cc(N)nc4ccccc34)oc2c1.NC(=NO)c1ccc2cc(-c3cc(N)nc4ccccc34)sc2c1.NC(=NO)c1ccc2oc(-c3cc(N)nc4ccccc34)cc2c1.NC(=NO)c1ccc2sc(-c3cc(N)nc4ccccc34)cc2c1. The van der Waals surface area contributed by atoms with Gasteiger partial charge in [0, 0.05) is 137 Å². The molecule has 32 heteroatoms. The standard InChI is InChI=1S/C28H30N6OS.2C18H14N4O2.2C18H14N4OS/c1-4-34(5-2)15-14-30-27(35)22-11-10-19(3)20(16-22)12-13-21-17-25(32-26-18-36-28(29)33-26)31-24-9-7-6-8-23(21)24;19-17-9-13(12-3-1-2-4-14(12)21-17)16-8-11-7-10(18(20)22-23)5-6-15(11)24-16;19-17-9-13(12-3-1-2-4-14(12)21-17)16-7-10-5-6-11(18(20)22-23)8-15(10)24-16;19-17-9-13(12-3-1-2-4-14(12)21-17)16-8-11-7-10(18(20)22-23)5-6-15(11)24-16;19-17-9-13(12-3-1-2-4-14(12)21-17)16-7-10-5-6-11(18(20)22-23)8-15(10)24-16/h6-11,16-18H,4-5,14-15H2,1-3H3,(H2,29,33)(H,30,35)(H,31,32);4*1-9,23H,(H2,19,21)(H2,20,22). The third-order valence-corrected chi connectivity index (χ3v) is 24.6. The Bertz CT molecular complexity index is 7270. The molecule has 0 radical (unpaired) electrons. The highest BCUT2D eigenvalue weighted by molar-refractivity contribution is 7.22. The molecule has 132 heavy (non-hydrogen) atoms. The lowest BCUT2D eigenvalue weighted by Gasteiger charge is -2.18. The fourth-order valence-electron chi connectivity index (χ4n) is 15.0. The van der Waals surface area contributed by atoms with Gasteiger partial charge in [0.25, 0.3) is 5.91 Å². The van der Waals surface area contributed by atoms with Crippen LogP contribution in [-0.2, 0) is 0 Å². The first kappa shape index (κ1) is 88.2. The van der Waals surface area contributed by atoms with Crippen molar-refractivity contribution in [3.05, 3.63) is 317 Å². The number of anilines is 7. The van der Waals surface area contributed by atoms with Gasteiger partial charge in [-0.2, -0.15) is 0 Å². The molecule has 10 heterocycles. The van der Waals surface area contributed by atoms with Gasteiger partial charge in [-0.25, -0.2) is 29.9 Å². The van der Waals surface area contributed by atoms with Gasteiger partial charge in [-0.15, -0.1) is 34.0 Å². The number of nitrogens with zero attached hydrogens (tertiary/aromatic N) is 11. The Morgan fingerprint density at radius 2 is 0.833 bits per heavy atom. The molecule has 0 fully saturated rings. The molecule has 10 aromatic heterocycles. The van der Waals surface area contributed by atoms with Crippen LogP contribution in [0.4, 0.5) is 40.0 Å². The summed E-state index contributed by atoms with van der Waals surface area (Å²) in [6.07, 6.45) is 0. The zero-order valence-corrected chi connectivity index (χ0v) is 73.6. The molecule has 0 unspecified atom stereocenters. The molecular formula is C100H86N22O7S3. The Morgan fingerprint density at radius 3 is 1.36 bits per heavy atom. The summed E-state index contributed by atoms with van der Waals surface area (Å²) in [6.45, 7) is 9.61. The number of thiophene rings is 2. The summed E-state index contributed by atoms with van der Waals surface area (Å²) >= 11 is 4.68. The molecule has 0 saturated heterocycles. The molecule has 10 aromatic carbocycles. The highest BCUT2D eigenvalue weighted by atomic mass is 32.1. The Hall–Kier alpha value is -17.3. The second-order valence-electron chi connectivity index (χ2n) is 30.2. The average molecular weight is 1800 g/mol. The molecule has 20 aromatic rings. The Labute approximate surface area is 766 Å². The van der Waals surface area contributed by atoms with Crippen LogP contribution in [-0.4, -0.2) is 111 Å². The van der Waals surface area contributed by atoms with Crippen molar-refractivity contribution in [2.24, 2.45) is 43.6 Å². The van der Waals surface area contributed by atoms with E-state index < -0.39 is 0 Å². The van der Waals surface area contributed by atoms with E-state index >= 15 is 0 Å². The van der Waals surface area contributed by atoms with Gasteiger partial charge in [0.2, 0.25) is 0 Å². The average Bonchev–Trinajstić information content (AvgIpc) is 1.65. The molecular weight excluding hydrogens is 1720 g/mol. The Morgan fingerprint density at radius 1 is 0.402 bits per heavy atom. The minimum absolute atomic E-state index is 0.0356. The van der Waals surface area contributed by atoms with Gasteiger partial charge in [0.1, 0.15) is 57.6 Å². The first-order valence-electron chi connectivity index (χ1n) is 41.3. The molecule has 0 aliphatic carbocycles. The summed E-state index contributed by atoms with van der Waals surface area (Å²) in [5.74, 6) is 11.3. The van der Waals surface area contributed by atoms with E-state index in [-0.39, 0.29) is 29.2 Å². The zero-order chi connectivity index (χ0) is 92.2. The van der Waals surface area contributed by atoms with E-state index in [1.165, 1.54) is 11.3 Å². The molecule has 0 spiro atoms. The van der Waals surface area contributed by atoms with E-state index in [2.05, 4.69) is 98.9 Å². The van der Waals surface area contributed by atoms with Gasteiger partial charge in [0.05, 0.1) is 27.6 Å². The number of aryl methyl sites for hydroxylation is 1. The van der Waals surface area contributed by atoms with Gasteiger partial charge in [-0.1, -0.05) is 168 Å². The van der Waals surface area contributed by atoms with Crippen LogP contribution in [0.15, 0.2) is 302 Å². The number of rotatable bonds is 16. The fourth-order valence-corrected chi connectivity index (χ4v) is 17.7. The summed E-state index contributed by atoms with van der Waals surface area (Å²) in [7, 11) is 0. The number of aromatic nitrogens is 6. The maximum Gasteiger partial charge on any atom is 0.251 e. The van der Waals surface area contributed by atoms with Crippen LogP contribution >= 0.6 is 34.0 Å². The van der Waals surface area contributed by atoms with E-state index in [0.717, 1.165) is 154 Å². The molecule has 20 rings (SSSR count). The highest BCUT2D eigenvalue weighted by Crippen LogP contribution is 2.42. The van der Waals surface area contributed by atoms with Crippen molar-refractivity contribution in [2.75, 3.05) is 60.2 Å². The fraction of sp³-hybridized carbons (Fsp3) is 0.0700. The van der Waals surface area contributed by atoms with Crippen molar-refractivity contribution in [1.29, 1.82) is 0 Å². The summed E-state index contributed by atoms with van der Waals surface area (Å²) in [5.41, 5.74) is 67.5. The van der Waals surface area contributed by atoms with Gasteiger partial charge in [-0.05, 0) is 182 Å². The second-order valence-corrected chi connectivity index (χ2v) is 33.2. The lowest BCUT2D eigenvalue weighted by atomic mass is 10.0. The number of carbonyl (C=O) groups is 1. The molecule has 0 aliphatic rings. The number of nitrogen functional groups attached to an aromatic ring is 5. The van der Waals surface area contributed by atoms with Gasteiger partial charge in [0.15, 0.2) is 28.5 Å². The normalized spacial score (nSPS) is 11.7. The third-order valence-electron chi connectivity index (χ3n) is 21.6. The minimum atomic E-state index is -0.0893. The largest absolute Gasteiger partial charge is 0.456 e. The van der Waals surface area contributed by atoms with Gasteiger partial charge >= 0.3 is 0 Å². The predicted molar refractivity (Wildman–Crippen MR) is 536 cm³/mol. The van der Waals surface area contributed by atoms with Crippen molar-refractivity contribution >= 4 is 200 Å². The molecule has 0 atom stereocenters. The number of hydrogen-bond donors (Lipinski definition) is 15. The van der Waals surface area contributed by atoms with Crippen LogP contribution in [0, 0.1) is 18.8 Å². The lowest BCUT2D eigenvalue weighted by molar-refractivity contribution is 0.0948. The maximum absolute atomic E-state index is 12.7. The molecule has 1 amide bonds. The van der Waals surface area contributed by atoms with Crippen LogP contribution in [0.3, 0.4) is 0 Å². The summed E-state index contributed by atoms with van der Waals surface area (Å²) in [5, 5.41) is 64.9. The van der Waals surface area contributed by atoms with Crippen molar-refractivity contribution in [3.8, 4) is 55.4 Å². The number of carbonyl (C=O) groups excluding carboxylic acids is 1. The number of nitrogens with two attached hydrogens (primary N) is 9. The topological polar surface area (TPSA) is 513 Å². The van der Waals surface area contributed by atoms with Crippen molar-refractivity contribution in [1.82, 2.24) is 40.1 Å². The minimum Gasteiger partial charge on any atom is -0.456 e. The van der Waals surface area contributed by atoms with Gasteiger partial charge in [-0.3, -0.25) is 4.79 Å². The van der Waals surface area contributed by atoms with Crippen LogP contribution in [0.25, 0.3) is 140 Å². The number of para-hydroxylation sites is 5. The van der Waals surface area contributed by atoms with Crippen molar-refractivity contribution < 1.29 is 34.5 Å². The predicted octanol–water partition coefficient (Wildman–Crippen LogP) is 19.0. The number of furan rings is 2. The van der Waals surface area contributed by atoms with E-state index in [9.17, 15) is 4.79 Å². The third kappa shape index (κ3) is 19.8. The number of fused-ring (bicyclic) bond motifs is 9. The molecule has 0 aliphatic heterocycles. The second kappa shape index (κ2) is 39.3. The van der Waals surface area contributed by atoms with Crippen LogP contribution in [0.1, 0.15) is 63.1 Å². The number of oxime groups is 4. The van der Waals surface area contributed by atoms with Crippen LogP contribution in [0.5, 0.6) is 0 Å². The van der Waals surface area contributed by atoms with Crippen molar-refractivity contribution in [2.45, 2.75) is 20.8 Å². The molecule has 0 saturated carbocycles. The van der Waals surface area contributed by atoms with E-state index in [1.807, 2.05) is 231 Å².